The first kappa shape index (κ1) is 14.6. The van der Waals surface area contributed by atoms with Gasteiger partial charge in [0.25, 0.3) is 5.91 Å². The van der Waals surface area contributed by atoms with Crippen molar-refractivity contribution in [1.29, 1.82) is 0 Å². The van der Waals surface area contributed by atoms with Gasteiger partial charge in [0.1, 0.15) is 0 Å². The van der Waals surface area contributed by atoms with Gasteiger partial charge in [-0.25, -0.2) is 0 Å². The average Bonchev–Trinajstić information content (AvgIpc) is 2.84. The lowest BCUT2D eigenvalue weighted by Gasteiger charge is -2.11. The molecule has 6 nitrogen and oxygen atoms in total. The number of benzene rings is 1. The monoisotopic (exact) mass is 298 g/mol. The highest BCUT2D eigenvalue weighted by molar-refractivity contribution is 7.84. The number of nitrogens with one attached hydrogen (secondary N) is 1. The highest BCUT2D eigenvalue weighted by Crippen LogP contribution is 2.35. The van der Waals surface area contributed by atoms with Crippen molar-refractivity contribution in [2.75, 3.05) is 25.3 Å². The fraction of sp³-hybridized carbons (Fsp3) is 0.462. The minimum Gasteiger partial charge on any atom is -0.454 e. The van der Waals surface area contributed by atoms with Gasteiger partial charge in [-0.05, 0) is 12.5 Å². The third-order valence-electron chi connectivity index (χ3n) is 3.19. The summed E-state index contributed by atoms with van der Waals surface area (Å²) in [5, 5.41) is 2.81. The molecule has 7 heteroatoms. The van der Waals surface area contributed by atoms with Gasteiger partial charge >= 0.3 is 0 Å². The standard InChI is InChI=1S/C13H18N2O4S/c1-8(20(2)17)3-4-15-13(16)9-5-11-12(6-10(9)14)19-7-18-11/h5-6,8H,3-4,7,14H2,1-2H3,(H,15,16). The number of carbonyl (C=O) groups is 1. The first-order chi connectivity index (χ1) is 9.49. The van der Waals surface area contributed by atoms with Crippen LogP contribution in [0.25, 0.3) is 0 Å². The summed E-state index contributed by atoms with van der Waals surface area (Å²) in [5.74, 6) is 0.802. The normalized spacial score (nSPS) is 15.7. The molecule has 0 spiro atoms. The summed E-state index contributed by atoms with van der Waals surface area (Å²) in [6, 6.07) is 3.16. The molecule has 20 heavy (non-hydrogen) atoms. The number of anilines is 1. The van der Waals surface area contributed by atoms with E-state index in [-0.39, 0.29) is 18.0 Å². The Bertz CT molecular complexity index is 547. The Morgan fingerprint density at radius 2 is 2.10 bits per heavy atom. The van der Waals surface area contributed by atoms with Crippen LogP contribution in [-0.4, -0.2) is 35.0 Å². The topological polar surface area (TPSA) is 90.7 Å². The van der Waals surface area contributed by atoms with Gasteiger partial charge in [0.15, 0.2) is 11.5 Å². The second-order valence-electron chi connectivity index (χ2n) is 4.65. The van der Waals surface area contributed by atoms with Crippen molar-refractivity contribution in [1.82, 2.24) is 5.32 Å². The van der Waals surface area contributed by atoms with Crippen LogP contribution in [0.2, 0.25) is 0 Å². The molecule has 0 radical (unpaired) electrons. The summed E-state index contributed by atoms with van der Waals surface area (Å²) in [6.07, 6.45) is 2.31. The van der Waals surface area contributed by atoms with Gasteiger partial charge in [0.2, 0.25) is 6.79 Å². The molecule has 2 atom stereocenters. The Morgan fingerprint density at radius 1 is 1.45 bits per heavy atom. The van der Waals surface area contributed by atoms with E-state index in [4.69, 9.17) is 15.2 Å². The minimum atomic E-state index is -0.886. The Morgan fingerprint density at radius 3 is 2.75 bits per heavy atom. The first-order valence-electron chi connectivity index (χ1n) is 6.28. The smallest absolute Gasteiger partial charge is 0.253 e. The molecule has 0 aromatic heterocycles. The molecule has 2 unspecified atom stereocenters. The van der Waals surface area contributed by atoms with Crippen LogP contribution < -0.4 is 20.5 Å². The fourth-order valence-electron chi connectivity index (χ4n) is 1.80. The van der Waals surface area contributed by atoms with E-state index in [0.29, 0.717) is 35.7 Å². The number of nitrogens with two attached hydrogens (primary N) is 1. The number of fused-ring (bicyclic) bond motifs is 1. The van der Waals surface area contributed by atoms with Gasteiger partial charge < -0.3 is 20.5 Å². The summed E-state index contributed by atoms with van der Waals surface area (Å²) >= 11 is 0. The van der Waals surface area contributed by atoms with Crippen LogP contribution in [0.15, 0.2) is 12.1 Å². The van der Waals surface area contributed by atoms with Crippen molar-refractivity contribution in [2.45, 2.75) is 18.6 Å². The number of hydrogen-bond acceptors (Lipinski definition) is 5. The lowest BCUT2D eigenvalue weighted by Crippen LogP contribution is -2.28. The lowest BCUT2D eigenvalue weighted by atomic mass is 10.1. The lowest BCUT2D eigenvalue weighted by molar-refractivity contribution is 0.0953. The van der Waals surface area contributed by atoms with Crippen molar-refractivity contribution in [3.63, 3.8) is 0 Å². The van der Waals surface area contributed by atoms with Crippen molar-refractivity contribution in [3.8, 4) is 11.5 Å². The second kappa shape index (κ2) is 6.13. The molecule has 0 saturated heterocycles. The maximum atomic E-state index is 12.1. The largest absolute Gasteiger partial charge is 0.454 e. The number of nitrogen functional groups attached to an aromatic ring is 1. The fourth-order valence-corrected chi connectivity index (χ4v) is 2.25. The van der Waals surface area contributed by atoms with E-state index in [1.54, 1.807) is 18.4 Å². The summed E-state index contributed by atoms with van der Waals surface area (Å²) < 4.78 is 21.6. The van der Waals surface area contributed by atoms with Gasteiger partial charge in [-0.3, -0.25) is 9.00 Å². The van der Waals surface area contributed by atoms with Gasteiger partial charge in [-0.1, -0.05) is 6.92 Å². The zero-order chi connectivity index (χ0) is 14.7. The number of ether oxygens (including phenoxy) is 2. The van der Waals surface area contributed by atoms with Crippen molar-refractivity contribution >= 4 is 22.4 Å². The minimum absolute atomic E-state index is 0.0457. The van der Waals surface area contributed by atoms with Crippen LogP contribution >= 0.6 is 0 Å². The van der Waals surface area contributed by atoms with E-state index in [0.717, 1.165) is 0 Å². The van der Waals surface area contributed by atoms with Gasteiger partial charge in [0.05, 0.1) is 5.56 Å². The van der Waals surface area contributed by atoms with E-state index in [2.05, 4.69) is 5.32 Å². The maximum absolute atomic E-state index is 12.1. The van der Waals surface area contributed by atoms with Crippen LogP contribution in [0, 0.1) is 0 Å². The highest BCUT2D eigenvalue weighted by Gasteiger charge is 2.19. The quantitative estimate of drug-likeness (QED) is 0.788. The molecule has 0 aliphatic carbocycles. The number of amides is 1. The van der Waals surface area contributed by atoms with Crippen LogP contribution in [0.1, 0.15) is 23.7 Å². The summed E-state index contributed by atoms with van der Waals surface area (Å²) in [5.41, 5.74) is 6.54. The van der Waals surface area contributed by atoms with E-state index in [1.807, 2.05) is 6.92 Å². The molecule has 2 rings (SSSR count). The molecule has 0 saturated carbocycles. The molecule has 1 aromatic carbocycles. The summed E-state index contributed by atoms with van der Waals surface area (Å²) in [4.78, 5) is 12.1. The number of carbonyl (C=O) groups excluding carboxylic acids is 1. The Balaban J connectivity index is 1.98. The molecular weight excluding hydrogens is 280 g/mol. The number of rotatable bonds is 5. The van der Waals surface area contributed by atoms with E-state index in [9.17, 15) is 9.00 Å². The van der Waals surface area contributed by atoms with Crippen molar-refractivity contribution in [3.05, 3.63) is 17.7 Å². The van der Waals surface area contributed by atoms with Crippen LogP contribution in [-0.2, 0) is 10.8 Å². The second-order valence-corrected chi connectivity index (χ2v) is 6.45. The van der Waals surface area contributed by atoms with Gasteiger partial charge in [0, 0.05) is 40.6 Å². The van der Waals surface area contributed by atoms with E-state index in [1.165, 1.54) is 0 Å². The zero-order valence-corrected chi connectivity index (χ0v) is 12.3. The molecule has 0 bridgehead atoms. The molecule has 1 aliphatic rings. The predicted octanol–water partition coefficient (Wildman–Crippen LogP) is 0.884. The number of hydrogen-bond donors (Lipinski definition) is 2. The third kappa shape index (κ3) is 3.22. The Kier molecular flexibility index (Phi) is 4.49. The molecule has 0 fully saturated rings. The Hall–Kier alpha value is -1.76. The molecule has 3 N–H and O–H groups in total. The van der Waals surface area contributed by atoms with Gasteiger partial charge in [-0.2, -0.15) is 0 Å². The van der Waals surface area contributed by atoms with Crippen LogP contribution in [0.5, 0.6) is 11.5 Å². The molecule has 1 aliphatic heterocycles. The first-order valence-corrected chi connectivity index (χ1v) is 7.90. The van der Waals surface area contributed by atoms with E-state index < -0.39 is 10.8 Å². The SMILES string of the molecule is CC(CCNC(=O)c1cc2c(cc1N)OCO2)S(C)=O. The van der Waals surface area contributed by atoms with E-state index >= 15 is 0 Å². The molecular formula is C13H18N2O4S. The van der Waals surface area contributed by atoms with Gasteiger partial charge in [-0.15, -0.1) is 0 Å². The molecule has 1 amide bonds. The molecule has 1 heterocycles. The predicted molar refractivity (Wildman–Crippen MR) is 77.5 cm³/mol. The molecule has 1 aromatic rings. The summed E-state index contributed by atoms with van der Waals surface area (Å²) in [7, 11) is -0.886. The summed E-state index contributed by atoms with van der Waals surface area (Å²) in [6.45, 7) is 2.48. The maximum Gasteiger partial charge on any atom is 0.253 e. The third-order valence-corrected chi connectivity index (χ3v) is 4.56. The zero-order valence-electron chi connectivity index (χ0n) is 11.5. The van der Waals surface area contributed by atoms with Crippen molar-refractivity contribution in [2.24, 2.45) is 0 Å². The Labute approximate surface area is 120 Å². The average molecular weight is 298 g/mol. The van der Waals surface area contributed by atoms with Crippen LogP contribution in [0.4, 0.5) is 5.69 Å². The van der Waals surface area contributed by atoms with Crippen molar-refractivity contribution < 1.29 is 18.5 Å². The highest BCUT2D eigenvalue weighted by atomic mass is 32.2. The molecule has 110 valence electrons. The van der Waals surface area contributed by atoms with Crippen LogP contribution in [0.3, 0.4) is 0 Å².